The normalized spacial score (nSPS) is 11.8. The number of carbonyl (C=O) groups excluding carboxylic acids is 1. The van der Waals surface area contributed by atoms with Crippen molar-refractivity contribution in [1.29, 1.82) is 0 Å². The van der Waals surface area contributed by atoms with Crippen molar-refractivity contribution in [3.05, 3.63) is 59.3 Å². The van der Waals surface area contributed by atoms with Crippen molar-refractivity contribution in [2.75, 3.05) is 12.4 Å². The molecule has 1 atom stereocenters. The SMILES string of the molecule is COc1ccccc1-c1c(C)nn(C)c1NC(=O)C(C)Oc1cc(C)ccc1C. The highest BCUT2D eigenvalue weighted by Crippen LogP contribution is 2.37. The number of nitrogens with one attached hydrogen (secondary N) is 1. The Balaban J connectivity index is 1.88. The molecule has 0 saturated heterocycles. The molecule has 0 fully saturated rings. The third-order valence-corrected chi connectivity index (χ3v) is 4.86. The topological polar surface area (TPSA) is 65.4 Å². The lowest BCUT2D eigenvalue weighted by Crippen LogP contribution is -2.31. The van der Waals surface area contributed by atoms with Crippen LogP contribution in [-0.2, 0) is 11.8 Å². The number of amides is 1. The van der Waals surface area contributed by atoms with Crippen molar-refractivity contribution in [2.24, 2.45) is 7.05 Å². The molecular formula is C23H27N3O3. The van der Waals surface area contributed by atoms with Gasteiger partial charge < -0.3 is 14.8 Å². The molecule has 1 heterocycles. The van der Waals surface area contributed by atoms with E-state index in [1.165, 1.54) is 0 Å². The summed E-state index contributed by atoms with van der Waals surface area (Å²) < 4.78 is 13.1. The molecule has 1 amide bonds. The van der Waals surface area contributed by atoms with Gasteiger partial charge in [-0.3, -0.25) is 9.48 Å². The predicted molar refractivity (Wildman–Crippen MR) is 115 cm³/mol. The number of nitrogens with zero attached hydrogens (tertiary/aromatic N) is 2. The van der Waals surface area contributed by atoms with Gasteiger partial charge in [0.05, 0.1) is 18.4 Å². The van der Waals surface area contributed by atoms with E-state index < -0.39 is 6.10 Å². The number of aryl methyl sites for hydroxylation is 4. The molecule has 3 rings (SSSR count). The Kier molecular flexibility index (Phi) is 5.92. The number of benzene rings is 2. The minimum absolute atomic E-state index is 0.245. The quantitative estimate of drug-likeness (QED) is 0.673. The first-order valence-electron chi connectivity index (χ1n) is 9.53. The maximum Gasteiger partial charge on any atom is 0.266 e. The van der Waals surface area contributed by atoms with E-state index in [1.807, 2.05) is 63.2 Å². The Morgan fingerprint density at radius 2 is 1.83 bits per heavy atom. The zero-order valence-electron chi connectivity index (χ0n) is 17.7. The van der Waals surface area contributed by atoms with E-state index in [0.29, 0.717) is 11.6 Å². The maximum atomic E-state index is 12.9. The summed E-state index contributed by atoms with van der Waals surface area (Å²) >= 11 is 0. The van der Waals surface area contributed by atoms with E-state index in [4.69, 9.17) is 9.47 Å². The Labute approximate surface area is 171 Å². The number of anilines is 1. The second kappa shape index (κ2) is 8.39. The molecule has 6 nitrogen and oxygen atoms in total. The average Bonchev–Trinajstić information content (AvgIpc) is 2.97. The van der Waals surface area contributed by atoms with E-state index >= 15 is 0 Å². The molecule has 0 aliphatic carbocycles. The molecule has 29 heavy (non-hydrogen) atoms. The van der Waals surface area contributed by atoms with Gasteiger partial charge in [0.15, 0.2) is 6.10 Å². The van der Waals surface area contributed by atoms with Crippen molar-refractivity contribution in [3.63, 3.8) is 0 Å². The summed E-state index contributed by atoms with van der Waals surface area (Å²) in [6.07, 6.45) is -0.670. The number of ether oxygens (including phenoxy) is 2. The second-order valence-electron chi connectivity index (χ2n) is 7.15. The first-order valence-corrected chi connectivity index (χ1v) is 9.53. The zero-order valence-corrected chi connectivity index (χ0v) is 17.7. The van der Waals surface area contributed by atoms with Crippen molar-refractivity contribution in [3.8, 4) is 22.6 Å². The van der Waals surface area contributed by atoms with Crippen molar-refractivity contribution in [1.82, 2.24) is 9.78 Å². The highest BCUT2D eigenvalue weighted by atomic mass is 16.5. The summed E-state index contributed by atoms with van der Waals surface area (Å²) in [7, 11) is 3.43. The summed E-state index contributed by atoms with van der Waals surface area (Å²) in [6.45, 7) is 7.61. The number of aromatic nitrogens is 2. The van der Waals surface area contributed by atoms with Gasteiger partial charge in [-0.25, -0.2) is 0 Å². The number of rotatable bonds is 6. The van der Waals surface area contributed by atoms with Gasteiger partial charge in [0, 0.05) is 12.6 Å². The van der Waals surface area contributed by atoms with Crippen LogP contribution in [0.1, 0.15) is 23.7 Å². The van der Waals surface area contributed by atoms with Crippen LogP contribution < -0.4 is 14.8 Å². The van der Waals surface area contributed by atoms with Crippen LogP contribution in [0.25, 0.3) is 11.1 Å². The lowest BCUT2D eigenvalue weighted by Gasteiger charge is -2.18. The Morgan fingerprint density at radius 3 is 2.55 bits per heavy atom. The van der Waals surface area contributed by atoms with Gasteiger partial charge in [-0.2, -0.15) is 5.10 Å². The summed E-state index contributed by atoms with van der Waals surface area (Å²) in [5.74, 6) is 1.79. The Morgan fingerprint density at radius 1 is 1.10 bits per heavy atom. The molecule has 3 aromatic rings. The predicted octanol–water partition coefficient (Wildman–Crippen LogP) is 4.43. The molecule has 152 valence electrons. The van der Waals surface area contributed by atoms with Crippen molar-refractivity contribution < 1.29 is 14.3 Å². The van der Waals surface area contributed by atoms with E-state index in [1.54, 1.807) is 25.8 Å². The van der Waals surface area contributed by atoms with Crippen LogP contribution >= 0.6 is 0 Å². The van der Waals surface area contributed by atoms with Crippen LogP contribution in [0.5, 0.6) is 11.5 Å². The van der Waals surface area contributed by atoms with Gasteiger partial charge in [-0.05, 0) is 51.0 Å². The van der Waals surface area contributed by atoms with Gasteiger partial charge in [0.1, 0.15) is 17.3 Å². The number of para-hydroxylation sites is 1. The van der Waals surface area contributed by atoms with Crippen molar-refractivity contribution >= 4 is 11.7 Å². The van der Waals surface area contributed by atoms with Crippen LogP contribution in [0.3, 0.4) is 0 Å². The summed E-state index contributed by atoms with van der Waals surface area (Å²) in [4.78, 5) is 12.9. The Hall–Kier alpha value is -3.28. The van der Waals surface area contributed by atoms with Crippen LogP contribution in [0.15, 0.2) is 42.5 Å². The molecule has 0 aliphatic heterocycles. The highest BCUT2D eigenvalue weighted by molar-refractivity contribution is 5.98. The van der Waals surface area contributed by atoms with Gasteiger partial charge in [0.2, 0.25) is 0 Å². The number of hydrogen-bond acceptors (Lipinski definition) is 4. The third kappa shape index (κ3) is 4.26. The smallest absolute Gasteiger partial charge is 0.266 e. The minimum atomic E-state index is -0.670. The van der Waals surface area contributed by atoms with E-state index in [2.05, 4.69) is 10.4 Å². The lowest BCUT2D eigenvalue weighted by atomic mass is 10.0. The molecule has 1 N–H and O–H groups in total. The van der Waals surface area contributed by atoms with E-state index in [-0.39, 0.29) is 5.91 Å². The second-order valence-corrected chi connectivity index (χ2v) is 7.15. The minimum Gasteiger partial charge on any atom is -0.496 e. The Bertz CT molecular complexity index is 1040. The largest absolute Gasteiger partial charge is 0.496 e. The fourth-order valence-electron chi connectivity index (χ4n) is 3.27. The van der Waals surface area contributed by atoms with E-state index in [9.17, 15) is 4.79 Å². The zero-order chi connectivity index (χ0) is 21.1. The standard InChI is InChI=1S/C23H27N3O3/c1-14-11-12-15(2)20(13-14)29-17(4)23(27)24-22-21(16(3)25-26(22)5)18-9-7-8-10-19(18)28-6/h7-13,17H,1-6H3,(H,24,27). The molecule has 2 aromatic carbocycles. The summed E-state index contributed by atoms with van der Waals surface area (Å²) in [6, 6.07) is 13.6. The van der Waals surface area contributed by atoms with Gasteiger partial charge >= 0.3 is 0 Å². The molecule has 1 unspecified atom stereocenters. The first kappa shape index (κ1) is 20.5. The van der Waals surface area contributed by atoms with Gasteiger partial charge in [-0.1, -0.05) is 30.3 Å². The van der Waals surface area contributed by atoms with Crippen LogP contribution in [-0.4, -0.2) is 28.9 Å². The van der Waals surface area contributed by atoms with Crippen LogP contribution in [0, 0.1) is 20.8 Å². The summed E-state index contributed by atoms with van der Waals surface area (Å²) in [5, 5.41) is 7.47. The molecule has 0 aliphatic rings. The number of methoxy groups -OCH3 is 1. The number of hydrogen-bond donors (Lipinski definition) is 1. The molecule has 0 saturated carbocycles. The fraction of sp³-hybridized carbons (Fsp3) is 0.304. The average molecular weight is 393 g/mol. The molecule has 1 aromatic heterocycles. The van der Waals surface area contributed by atoms with Crippen LogP contribution in [0.2, 0.25) is 0 Å². The van der Waals surface area contributed by atoms with Gasteiger partial charge in [-0.15, -0.1) is 0 Å². The molecule has 0 spiro atoms. The third-order valence-electron chi connectivity index (χ3n) is 4.86. The van der Waals surface area contributed by atoms with Crippen molar-refractivity contribution in [2.45, 2.75) is 33.8 Å². The van der Waals surface area contributed by atoms with E-state index in [0.717, 1.165) is 33.7 Å². The number of carbonyl (C=O) groups is 1. The monoisotopic (exact) mass is 393 g/mol. The fourth-order valence-corrected chi connectivity index (χ4v) is 3.27. The first-order chi connectivity index (χ1) is 13.8. The van der Waals surface area contributed by atoms with Crippen LogP contribution in [0.4, 0.5) is 5.82 Å². The lowest BCUT2D eigenvalue weighted by molar-refractivity contribution is -0.122. The highest BCUT2D eigenvalue weighted by Gasteiger charge is 2.23. The molecular weight excluding hydrogens is 366 g/mol. The molecule has 6 heteroatoms. The summed E-state index contributed by atoms with van der Waals surface area (Å²) in [5.41, 5.74) is 4.58. The maximum absolute atomic E-state index is 12.9. The van der Waals surface area contributed by atoms with Gasteiger partial charge in [0.25, 0.3) is 5.91 Å². The molecule has 0 bridgehead atoms. The molecule has 0 radical (unpaired) electrons.